The fourth-order valence-corrected chi connectivity index (χ4v) is 1.86. The van der Waals surface area contributed by atoms with Crippen LogP contribution in [0.4, 0.5) is 0 Å². The Morgan fingerprint density at radius 2 is 1.95 bits per heavy atom. The number of benzene rings is 1. The summed E-state index contributed by atoms with van der Waals surface area (Å²) in [4.78, 5) is 22.1. The second-order valence-electron chi connectivity index (χ2n) is 4.99. The van der Waals surface area contributed by atoms with Crippen LogP contribution >= 0.6 is 0 Å². The minimum absolute atomic E-state index is 0.0554. The monoisotopic (exact) mass is 265 g/mol. The molecule has 0 aliphatic heterocycles. The molecular formula is C14H19NO4. The number of nitro groups is 1. The van der Waals surface area contributed by atoms with Crippen LogP contribution in [-0.4, -0.2) is 23.5 Å². The maximum atomic E-state index is 11.2. The first kappa shape index (κ1) is 15.1. The topological polar surface area (TPSA) is 69.4 Å². The first-order valence-corrected chi connectivity index (χ1v) is 6.14. The molecule has 1 rings (SSSR count). The Labute approximate surface area is 112 Å². The van der Waals surface area contributed by atoms with E-state index in [1.165, 1.54) is 7.11 Å². The molecule has 0 fully saturated rings. The van der Waals surface area contributed by atoms with Gasteiger partial charge in [-0.05, 0) is 12.5 Å². The number of carbonyl (C=O) groups is 1. The van der Waals surface area contributed by atoms with Gasteiger partial charge in [0, 0.05) is 24.7 Å². The molecule has 0 bridgehead atoms. The number of aryl methyl sites for hydroxylation is 1. The predicted molar refractivity (Wildman–Crippen MR) is 71.5 cm³/mol. The van der Waals surface area contributed by atoms with E-state index in [4.69, 9.17) is 0 Å². The van der Waals surface area contributed by atoms with Crippen molar-refractivity contribution in [3.63, 3.8) is 0 Å². The van der Waals surface area contributed by atoms with Crippen LogP contribution in [-0.2, 0) is 16.0 Å². The lowest BCUT2D eigenvalue weighted by atomic mass is 9.88. The molecule has 1 aromatic rings. The summed E-state index contributed by atoms with van der Waals surface area (Å²) in [7, 11) is 1.28. The van der Waals surface area contributed by atoms with Crippen molar-refractivity contribution in [2.75, 3.05) is 7.11 Å². The van der Waals surface area contributed by atoms with Gasteiger partial charge in [0.1, 0.15) is 0 Å². The molecule has 0 amide bonds. The molecule has 1 aromatic carbocycles. The van der Waals surface area contributed by atoms with Crippen LogP contribution in [0.1, 0.15) is 30.9 Å². The van der Waals surface area contributed by atoms with Gasteiger partial charge in [0.05, 0.1) is 13.5 Å². The first-order chi connectivity index (χ1) is 8.87. The summed E-state index contributed by atoms with van der Waals surface area (Å²) in [5, 5.41) is 11.2. The number of hydrogen-bond donors (Lipinski definition) is 0. The number of ether oxygens (including phenoxy) is 1. The van der Waals surface area contributed by atoms with E-state index in [1.807, 2.05) is 31.2 Å². The number of methoxy groups -OCH3 is 1. The average Bonchev–Trinajstić information content (AvgIpc) is 2.38. The molecule has 0 aliphatic rings. The van der Waals surface area contributed by atoms with E-state index in [0.29, 0.717) is 6.42 Å². The molecule has 0 heterocycles. The first-order valence-electron chi connectivity index (χ1n) is 6.14. The number of nitrogens with zero attached hydrogens (tertiary/aromatic N) is 1. The molecular weight excluding hydrogens is 246 g/mol. The second kappa shape index (κ2) is 6.31. The second-order valence-corrected chi connectivity index (χ2v) is 4.99. The number of esters is 1. The van der Waals surface area contributed by atoms with E-state index < -0.39 is 11.5 Å². The molecule has 0 N–H and O–H groups in total. The Bertz CT molecular complexity index is 455. The normalized spacial score (nSPS) is 13.6. The Hall–Kier alpha value is -1.91. The summed E-state index contributed by atoms with van der Waals surface area (Å²) in [6, 6.07) is 7.62. The maximum Gasteiger partial charge on any atom is 0.305 e. The molecule has 1 unspecified atom stereocenters. The zero-order valence-corrected chi connectivity index (χ0v) is 11.5. The Morgan fingerprint density at radius 1 is 1.37 bits per heavy atom. The van der Waals surface area contributed by atoms with E-state index >= 15 is 0 Å². The van der Waals surface area contributed by atoms with Gasteiger partial charge in [0.15, 0.2) is 0 Å². The van der Waals surface area contributed by atoms with Crippen molar-refractivity contribution < 1.29 is 14.5 Å². The van der Waals surface area contributed by atoms with Crippen LogP contribution in [0.15, 0.2) is 24.3 Å². The Kier molecular flexibility index (Phi) is 5.03. The minimum Gasteiger partial charge on any atom is -0.469 e. The maximum absolute atomic E-state index is 11.2. The lowest BCUT2D eigenvalue weighted by Gasteiger charge is -2.20. The minimum atomic E-state index is -1.15. The van der Waals surface area contributed by atoms with Crippen LogP contribution in [0, 0.1) is 17.0 Å². The highest BCUT2D eigenvalue weighted by molar-refractivity contribution is 5.69. The number of rotatable bonds is 6. The fraction of sp³-hybridized carbons (Fsp3) is 0.500. The smallest absolute Gasteiger partial charge is 0.305 e. The van der Waals surface area contributed by atoms with E-state index in [-0.39, 0.29) is 17.8 Å². The highest BCUT2D eigenvalue weighted by atomic mass is 16.6. The lowest BCUT2D eigenvalue weighted by Crippen LogP contribution is -2.37. The van der Waals surface area contributed by atoms with Gasteiger partial charge in [-0.25, -0.2) is 0 Å². The zero-order chi connectivity index (χ0) is 14.5. The number of hydrogen-bond acceptors (Lipinski definition) is 4. The molecule has 1 atom stereocenters. The predicted octanol–water partition coefficient (Wildman–Crippen LogP) is 2.53. The Balaban J connectivity index is 2.78. The molecule has 0 radical (unpaired) electrons. The molecule has 0 saturated carbocycles. The highest BCUT2D eigenvalue weighted by Crippen LogP contribution is 2.23. The quantitative estimate of drug-likeness (QED) is 0.450. The standard InChI is InChI=1S/C14H19NO4/c1-11-4-6-12(7-5-11)10-14(2,15(17)18)9-8-13(16)19-3/h4-7H,8-10H2,1-3H3. The van der Waals surface area contributed by atoms with Crippen LogP contribution in [0.5, 0.6) is 0 Å². The van der Waals surface area contributed by atoms with Gasteiger partial charge < -0.3 is 4.74 Å². The molecule has 104 valence electrons. The summed E-state index contributed by atoms with van der Waals surface area (Å²) in [5.41, 5.74) is 0.861. The van der Waals surface area contributed by atoms with Gasteiger partial charge in [-0.15, -0.1) is 0 Å². The van der Waals surface area contributed by atoms with E-state index in [9.17, 15) is 14.9 Å². The third kappa shape index (κ3) is 4.35. The average molecular weight is 265 g/mol. The van der Waals surface area contributed by atoms with Gasteiger partial charge in [0.2, 0.25) is 5.54 Å². The van der Waals surface area contributed by atoms with E-state index in [1.54, 1.807) is 6.92 Å². The van der Waals surface area contributed by atoms with Crippen molar-refractivity contribution in [2.24, 2.45) is 0 Å². The summed E-state index contributed by atoms with van der Waals surface area (Å²) in [6.45, 7) is 3.53. The number of carbonyl (C=O) groups excluding carboxylic acids is 1. The third-order valence-electron chi connectivity index (χ3n) is 3.24. The van der Waals surface area contributed by atoms with Crippen LogP contribution in [0.25, 0.3) is 0 Å². The molecule has 19 heavy (non-hydrogen) atoms. The zero-order valence-electron chi connectivity index (χ0n) is 11.5. The summed E-state index contributed by atoms with van der Waals surface area (Å²) in [6.07, 6.45) is 0.525. The molecule has 5 heteroatoms. The fourth-order valence-electron chi connectivity index (χ4n) is 1.86. The van der Waals surface area contributed by atoms with Crippen LogP contribution in [0.3, 0.4) is 0 Å². The van der Waals surface area contributed by atoms with Crippen molar-refractivity contribution >= 4 is 5.97 Å². The van der Waals surface area contributed by atoms with Gasteiger partial charge >= 0.3 is 5.97 Å². The van der Waals surface area contributed by atoms with Crippen molar-refractivity contribution in [3.8, 4) is 0 Å². The highest BCUT2D eigenvalue weighted by Gasteiger charge is 2.37. The van der Waals surface area contributed by atoms with E-state index in [2.05, 4.69) is 4.74 Å². The third-order valence-corrected chi connectivity index (χ3v) is 3.24. The van der Waals surface area contributed by atoms with Crippen molar-refractivity contribution in [3.05, 3.63) is 45.5 Å². The van der Waals surface area contributed by atoms with E-state index in [0.717, 1.165) is 11.1 Å². The van der Waals surface area contributed by atoms with Gasteiger partial charge in [-0.1, -0.05) is 29.8 Å². The van der Waals surface area contributed by atoms with Crippen LogP contribution < -0.4 is 0 Å². The van der Waals surface area contributed by atoms with Gasteiger partial charge in [-0.3, -0.25) is 14.9 Å². The molecule has 0 aromatic heterocycles. The SMILES string of the molecule is COC(=O)CCC(C)(Cc1ccc(C)cc1)[N+](=O)[O-]. The Morgan fingerprint density at radius 3 is 2.42 bits per heavy atom. The van der Waals surface area contributed by atoms with Crippen molar-refractivity contribution in [2.45, 2.75) is 38.6 Å². The van der Waals surface area contributed by atoms with Crippen molar-refractivity contribution in [1.82, 2.24) is 0 Å². The van der Waals surface area contributed by atoms with Crippen molar-refractivity contribution in [1.29, 1.82) is 0 Å². The summed E-state index contributed by atoms with van der Waals surface area (Å²) < 4.78 is 4.53. The summed E-state index contributed by atoms with van der Waals surface area (Å²) >= 11 is 0. The summed E-state index contributed by atoms with van der Waals surface area (Å²) in [5.74, 6) is -0.419. The van der Waals surface area contributed by atoms with Gasteiger partial charge in [-0.2, -0.15) is 0 Å². The molecule has 0 saturated heterocycles. The lowest BCUT2D eigenvalue weighted by molar-refractivity contribution is -0.566. The molecule has 5 nitrogen and oxygen atoms in total. The molecule has 0 aliphatic carbocycles. The van der Waals surface area contributed by atoms with Crippen LogP contribution in [0.2, 0.25) is 0 Å². The molecule has 0 spiro atoms. The largest absolute Gasteiger partial charge is 0.469 e. The van der Waals surface area contributed by atoms with Gasteiger partial charge in [0.25, 0.3) is 0 Å².